The second-order valence-corrected chi connectivity index (χ2v) is 8.35. The number of methoxy groups -OCH3 is 1. The normalized spacial score (nSPS) is 14.3. The summed E-state index contributed by atoms with van der Waals surface area (Å²) in [4.78, 5) is 12.5. The van der Waals surface area contributed by atoms with E-state index >= 15 is 0 Å². The molecular formula is C22H15ClO6S. The fourth-order valence-corrected chi connectivity index (χ4v) is 3.90. The minimum absolute atomic E-state index is 0.0298. The van der Waals surface area contributed by atoms with E-state index in [4.69, 9.17) is 25.3 Å². The molecule has 4 rings (SSSR count). The highest BCUT2D eigenvalue weighted by Crippen LogP contribution is 2.35. The summed E-state index contributed by atoms with van der Waals surface area (Å²) in [6.07, 6.45) is 1.60. The summed E-state index contributed by atoms with van der Waals surface area (Å²) in [5.74, 6) is 0.786. The first-order valence-corrected chi connectivity index (χ1v) is 10.6. The lowest BCUT2D eigenvalue weighted by molar-refractivity contribution is 0.101. The highest BCUT2D eigenvalue weighted by Gasteiger charge is 2.28. The highest BCUT2D eigenvalue weighted by atomic mass is 35.5. The number of benzene rings is 3. The maximum Gasteiger partial charge on any atom is 0.339 e. The van der Waals surface area contributed by atoms with Crippen molar-refractivity contribution < 1.29 is 26.9 Å². The topological polar surface area (TPSA) is 78.9 Å². The summed E-state index contributed by atoms with van der Waals surface area (Å²) in [6, 6.07) is 17.0. The van der Waals surface area contributed by atoms with Gasteiger partial charge in [-0.3, -0.25) is 4.79 Å². The lowest BCUT2D eigenvalue weighted by atomic mass is 10.1. The molecule has 3 aromatic carbocycles. The first-order chi connectivity index (χ1) is 14.4. The monoisotopic (exact) mass is 442 g/mol. The Labute approximate surface area is 178 Å². The van der Waals surface area contributed by atoms with Gasteiger partial charge in [0.15, 0.2) is 5.76 Å². The molecular weight excluding hydrogens is 428 g/mol. The number of hydrogen-bond donors (Lipinski definition) is 0. The zero-order chi connectivity index (χ0) is 21.3. The molecule has 1 aliphatic rings. The molecule has 1 aliphatic heterocycles. The molecule has 0 fully saturated rings. The molecule has 152 valence electrons. The first-order valence-electron chi connectivity index (χ1n) is 8.78. The van der Waals surface area contributed by atoms with Gasteiger partial charge in [0.2, 0.25) is 5.78 Å². The summed E-state index contributed by atoms with van der Waals surface area (Å²) in [7, 11) is -2.49. The Balaban J connectivity index is 1.57. The van der Waals surface area contributed by atoms with Crippen molar-refractivity contribution >= 4 is 33.6 Å². The molecule has 8 heteroatoms. The van der Waals surface area contributed by atoms with Crippen molar-refractivity contribution in [2.45, 2.75) is 4.90 Å². The molecule has 0 atom stereocenters. The molecule has 0 saturated carbocycles. The molecule has 0 spiro atoms. The van der Waals surface area contributed by atoms with Crippen LogP contribution in [0.4, 0.5) is 0 Å². The SMILES string of the molecule is COc1ccc(C=C2Oc3cc(OS(=O)(=O)c4ccc(Cl)cc4)ccc3C2=O)cc1. The van der Waals surface area contributed by atoms with E-state index in [0.717, 1.165) is 5.56 Å². The lowest BCUT2D eigenvalue weighted by Crippen LogP contribution is -2.09. The van der Waals surface area contributed by atoms with E-state index in [0.29, 0.717) is 16.3 Å². The lowest BCUT2D eigenvalue weighted by Gasteiger charge is -2.08. The number of halogens is 1. The molecule has 1 heterocycles. The van der Waals surface area contributed by atoms with Crippen LogP contribution < -0.4 is 13.7 Å². The van der Waals surface area contributed by atoms with E-state index in [9.17, 15) is 13.2 Å². The average molecular weight is 443 g/mol. The molecule has 0 bridgehead atoms. The predicted octanol–water partition coefficient (Wildman–Crippen LogP) is 4.73. The number of carbonyl (C=O) groups excluding carboxylic acids is 1. The summed E-state index contributed by atoms with van der Waals surface area (Å²) in [5.41, 5.74) is 1.08. The van der Waals surface area contributed by atoms with Gasteiger partial charge in [-0.15, -0.1) is 0 Å². The van der Waals surface area contributed by atoms with Gasteiger partial charge < -0.3 is 13.7 Å². The van der Waals surface area contributed by atoms with Crippen LogP contribution >= 0.6 is 11.6 Å². The van der Waals surface area contributed by atoms with E-state index in [1.807, 2.05) is 0 Å². The number of ether oxygens (including phenoxy) is 2. The fourth-order valence-electron chi connectivity index (χ4n) is 2.85. The largest absolute Gasteiger partial charge is 0.497 e. The third kappa shape index (κ3) is 4.03. The minimum Gasteiger partial charge on any atom is -0.497 e. The van der Waals surface area contributed by atoms with E-state index in [-0.39, 0.29) is 27.9 Å². The summed E-state index contributed by atoms with van der Waals surface area (Å²) in [5, 5.41) is 0.412. The number of ketones is 1. The van der Waals surface area contributed by atoms with Gasteiger partial charge in [0, 0.05) is 11.1 Å². The van der Waals surface area contributed by atoms with Gasteiger partial charge in [0.05, 0.1) is 12.7 Å². The van der Waals surface area contributed by atoms with Crippen LogP contribution in [0.5, 0.6) is 17.2 Å². The molecule has 0 aromatic heterocycles. The van der Waals surface area contributed by atoms with Crippen molar-refractivity contribution in [3.8, 4) is 17.2 Å². The fraction of sp³-hybridized carbons (Fsp3) is 0.0455. The van der Waals surface area contributed by atoms with E-state index in [2.05, 4.69) is 0 Å². The van der Waals surface area contributed by atoms with Crippen molar-refractivity contribution in [1.82, 2.24) is 0 Å². The zero-order valence-corrected chi connectivity index (χ0v) is 17.2. The maximum atomic E-state index is 12.6. The van der Waals surface area contributed by atoms with Crippen LogP contribution in [0.3, 0.4) is 0 Å². The number of carbonyl (C=O) groups is 1. The second kappa shape index (κ2) is 7.85. The van der Waals surface area contributed by atoms with Gasteiger partial charge in [0.25, 0.3) is 0 Å². The van der Waals surface area contributed by atoms with Crippen molar-refractivity contribution in [3.05, 3.63) is 88.6 Å². The second-order valence-electron chi connectivity index (χ2n) is 6.36. The zero-order valence-electron chi connectivity index (χ0n) is 15.7. The molecule has 0 unspecified atom stereocenters. The van der Waals surface area contributed by atoms with Crippen LogP contribution in [-0.2, 0) is 10.1 Å². The van der Waals surface area contributed by atoms with Crippen LogP contribution in [0.25, 0.3) is 6.08 Å². The standard InChI is InChI=1S/C22H15ClO6S/c1-27-16-6-2-14(3-7-16)12-21-22(24)19-11-8-17(13-20(19)28-21)29-30(25,26)18-9-4-15(23)5-10-18/h2-13H,1H3. The van der Waals surface area contributed by atoms with Crippen molar-refractivity contribution in [2.75, 3.05) is 7.11 Å². The quantitative estimate of drug-likeness (QED) is 0.419. The van der Waals surface area contributed by atoms with Gasteiger partial charge in [-0.05, 0) is 60.2 Å². The van der Waals surface area contributed by atoms with E-state index < -0.39 is 10.1 Å². The third-order valence-electron chi connectivity index (χ3n) is 4.36. The van der Waals surface area contributed by atoms with Gasteiger partial charge in [-0.1, -0.05) is 23.7 Å². The summed E-state index contributed by atoms with van der Waals surface area (Å²) >= 11 is 5.79. The Hall–Kier alpha value is -3.29. The summed E-state index contributed by atoms with van der Waals surface area (Å²) in [6.45, 7) is 0. The molecule has 30 heavy (non-hydrogen) atoms. The van der Waals surface area contributed by atoms with E-state index in [1.165, 1.54) is 42.5 Å². The molecule has 0 saturated heterocycles. The minimum atomic E-state index is -4.06. The van der Waals surface area contributed by atoms with E-state index in [1.54, 1.807) is 37.5 Å². The molecule has 6 nitrogen and oxygen atoms in total. The van der Waals surface area contributed by atoms with Crippen LogP contribution in [0, 0.1) is 0 Å². The Bertz CT molecular complexity index is 1250. The molecule has 0 aliphatic carbocycles. The average Bonchev–Trinajstić information content (AvgIpc) is 3.03. The number of allylic oxidation sites excluding steroid dienone is 1. The van der Waals surface area contributed by atoms with Crippen LogP contribution in [0.2, 0.25) is 5.02 Å². The highest BCUT2D eigenvalue weighted by molar-refractivity contribution is 7.87. The summed E-state index contributed by atoms with van der Waals surface area (Å²) < 4.78 is 40.8. The van der Waals surface area contributed by atoms with Gasteiger partial charge >= 0.3 is 10.1 Å². The number of rotatable bonds is 5. The molecule has 0 amide bonds. The molecule has 0 radical (unpaired) electrons. The van der Waals surface area contributed by atoms with Crippen LogP contribution in [0.15, 0.2) is 77.4 Å². The van der Waals surface area contributed by atoms with Gasteiger partial charge in [0.1, 0.15) is 22.1 Å². The number of Topliss-reactive ketones (excluding diaryl/α,β-unsaturated/α-hetero) is 1. The predicted molar refractivity (Wildman–Crippen MR) is 112 cm³/mol. The number of hydrogen-bond acceptors (Lipinski definition) is 6. The Morgan fingerprint density at radius 2 is 1.60 bits per heavy atom. The van der Waals surface area contributed by atoms with Crippen molar-refractivity contribution in [2.24, 2.45) is 0 Å². The molecule has 3 aromatic rings. The molecule has 0 N–H and O–H groups in total. The van der Waals surface area contributed by atoms with Crippen molar-refractivity contribution in [1.29, 1.82) is 0 Å². The smallest absolute Gasteiger partial charge is 0.339 e. The van der Waals surface area contributed by atoms with Gasteiger partial charge in [-0.2, -0.15) is 8.42 Å². The van der Waals surface area contributed by atoms with Crippen LogP contribution in [0.1, 0.15) is 15.9 Å². The first kappa shape index (κ1) is 20.0. The third-order valence-corrected chi connectivity index (χ3v) is 5.88. The Morgan fingerprint density at radius 3 is 2.27 bits per heavy atom. The van der Waals surface area contributed by atoms with Gasteiger partial charge in [-0.25, -0.2) is 0 Å². The Morgan fingerprint density at radius 1 is 0.933 bits per heavy atom. The van der Waals surface area contributed by atoms with Crippen molar-refractivity contribution in [3.63, 3.8) is 0 Å². The van der Waals surface area contributed by atoms with Crippen LogP contribution in [-0.4, -0.2) is 21.3 Å². The maximum absolute atomic E-state index is 12.6. The Kier molecular flexibility index (Phi) is 5.24. The number of fused-ring (bicyclic) bond motifs is 1.